The molecular weight excluding hydrogens is 233 g/mol. The Morgan fingerprint density at radius 1 is 1.50 bits per heavy atom. The molecular formula is C13H18FN3O. The number of nitrogens with zero attached hydrogens (tertiary/aromatic N) is 1. The predicted octanol–water partition coefficient (Wildman–Crippen LogP) is 0.605. The number of carbonyl (C=O) groups excluding carboxylic acids is 1. The summed E-state index contributed by atoms with van der Waals surface area (Å²) in [7, 11) is 0. The number of halogens is 1. The van der Waals surface area contributed by atoms with Crippen molar-refractivity contribution in [3.63, 3.8) is 0 Å². The van der Waals surface area contributed by atoms with E-state index < -0.39 is 0 Å². The number of carbonyl (C=O) groups is 1. The normalized spacial score (nSPS) is 20.8. The zero-order valence-corrected chi connectivity index (χ0v) is 10.4. The van der Waals surface area contributed by atoms with Gasteiger partial charge in [0.2, 0.25) is 5.91 Å². The van der Waals surface area contributed by atoms with Crippen molar-refractivity contribution in [2.45, 2.75) is 26.1 Å². The average molecular weight is 251 g/mol. The maximum Gasteiger partial charge on any atom is 0.237 e. The Bertz CT molecular complexity index is 450. The van der Waals surface area contributed by atoms with Crippen LogP contribution in [-0.4, -0.2) is 29.9 Å². The number of hydrogen-bond donors (Lipinski definition) is 2. The average Bonchev–Trinajstić information content (AvgIpc) is 2.37. The first-order valence-electron chi connectivity index (χ1n) is 6.11. The lowest BCUT2D eigenvalue weighted by Crippen LogP contribution is -2.53. The molecule has 0 spiro atoms. The van der Waals surface area contributed by atoms with Crippen LogP contribution in [0.25, 0.3) is 0 Å². The molecule has 18 heavy (non-hydrogen) atoms. The fourth-order valence-corrected chi connectivity index (χ4v) is 2.18. The highest BCUT2D eigenvalue weighted by Crippen LogP contribution is 2.17. The number of hydrogen-bond acceptors (Lipinski definition) is 3. The topological polar surface area (TPSA) is 58.4 Å². The van der Waals surface area contributed by atoms with Crippen LogP contribution in [0.3, 0.4) is 0 Å². The third-order valence-electron chi connectivity index (χ3n) is 3.38. The Hall–Kier alpha value is -1.46. The molecule has 1 saturated heterocycles. The van der Waals surface area contributed by atoms with Gasteiger partial charge in [0.05, 0.1) is 6.04 Å². The van der Waals surface area contributed by atoms with E-state index in [9.17, 15) is 9.18 Å². The summed E-state index contributed by atoms with van der Waals surface area (Å²) in [6.45, 7) is 3.81. The van der Waals surface area contributed by atoms with Gasteiger partial charge in [0.15, 0.2) is 0 Å². The van der Waals surface area contributed by atoms with Gasteiger partial charge in [-0.3, -0.25) is 9.69 Å². The first kappa shape index (κ1) is 13.0. The lowest BCUT2D eigenvalue weighted by atomic mass is 10.1. The van der Waals surface area contributed by atoms with Crippen LogP contribution in [0, 0.1) is 5.82 Å². The molecule has 1 amide bonds. The minimum atomic E-state index is -0.252. The summed E-state index contributed by atoms with van der Waals surface area (Å²) in [6, 6.07) is 5.01. The van der Waals surface area contributed by atoms with Gasteiger partial charge in [-0.2, -0.15) is 0 Å². The molecule has 1 atom stereocenters. The summed E-state index contributed by atoms with van der Waals surface area (Å²) >= 11 is 0. The molecule has 0 aromatic heterocycles. The number of nitrogens with two attached hydrogens (primary N) is 1. The minimum absolute atomic E-state index is 0.00311. The molecule has 2 rings (SSSR count). The van der Waals surface area contributed by atoms with Crippen LogP contribution in [0.5, 0.6) is 0 Å². The first-order valence-corrected chi connectivity index (χ1v) is 6.11. The number of piperazine rings is 1. The zero-order valence-electron chi connectivity index (χ0n) is 10.4. The first-order chi connectivity index (χ1) is 8.63. The van der Waals surface area contributed by atoms with Crippen LogP contribution >= 0.6 is 0 Å². The van der Waals surface area contributed by atoms with Crippen molar-refractivity contribution in [3.05, 3.63) is 35.1 Å². The second-order valence-electron chi connectivity index (χ2n) is 4.53. The Labute approximate surface area is 106 Å². The molecule has 0 radical (unpaired) electrons. The van der Waals surface area contributed by atoms with Crippen molar-refractivity contribution in [1.82, 2.24) is 10.2 Å². The van der Waals surface area contributed by atoms with Crippen LogP contribution in [0.2, 0.25) is 0 Å². The van der Waals surface area contributed by atoms with E-state index in [1.165, 1.54) is 0 Å². The van der Waals surface area contributed by atoms with E-state index in [2.05, 4.69) is 5.32 Å². The standard InChI is InChI=1S/C13H18FN3O/c1-9-13(18)16-5-6-17(9)8-11-4-2-3-10(7-15)12(11)14/h2-4,9H,5-8,15H2,1H3,(H,16,18). The number of nitrogens with one attached hydrogen (secondary N) is 1. The highest BCUT2D eigenvalue weighted by Gasteiger charge is 2.26. The molecule has 1 aromatic carbocycles. The molecule has 1 aromatic rings. The maximum absolute atomic E-state index is 14.0. The minimum Gasteiger partial charge on any atom is -0.353 e. The highest BCUT2D eigenvalue weighted by atomic mass is 19.1. The Morgan fingerprint density at radius 2 is 2.22 bits per heavy atom. The van der Waals surface area contributed by atoms with E-state index in [1.54, 1.807) is 18.2 Å². The van der Waals surface area contributed by atoms with Gasteiger partial charge in [0, 0.05) is 37.3 Å². The summed E-state index contributed by atoms with van der Waals surface area (Å²) in [4.78, 5) is 13.5. The van der Waals surface area contributed by atoms with Crippen molar-refractivity contribution >= 4 is 5.91 Å². The number of amides is 1. The second kappa shape index (κ2) is 5.46. The summed E-state index contributed by atoms with van der Waals surface area (Å²) in [5.74, 6) is -0.255. The van der Waals surface area contributed by atoms with Crippen LogP contribution in [0.1, 0.15) is 18.1 Å². The van der Waals surface area contributed by atoms with E-state index in [0.717, 1.165) is 6.54 Å². The molecule has 1 heterocycles. The molecule has 0 aliphatic carbocycles. The third kappa shape index (κ3) is 2.52. The van der Waals surface area contributed by atoms with Crippen molar-refractivity contribution in [2.75, 3.05) is 13.1 Å². The Balaban J connectivity index is 2.16. The van der Waals surface area contributed by atoms with E-state index in [0.29, 0.717) is 24.2 Å². The summed E-state index contributed by atoms with van der Waals surface area (Å²) < 4.78 is 14.0. The van der Waals surface area contributed by atoms with Gasteiger partial charge in [-0.15, -0.1) is 0 Å². The van der Waals surface area contributed by atoms with E-state index in [1.807, 2.05) is 11.8 Å². The molecule has 0 saturated carbocycles. The Kier molecular flexibility index (Phi) is 3.93. The fraction of sp³-hybridized carbons (Fsp3) is 0.462. The lowest BCUT2D eigenvalue weighted by Gasteiger charge is -2.32. The van der Waals surface area contributed by atoms with Gasteiger partial charge in [-0.05, 0) is 6.92 Å². The maximum atomic E-state index is 14.0. The van der Waals surface area contributed by atoms with E-state index in [4.69, 9.17) is 5.73 Å². The molecule has 98 valence electrons. The summed E-state index contributed by atoms with van der Waals surface area (Å²) in [5.41, 5.74) is 6.60. The number of rotatable bonds is 3. The van der Waals surface area contributed by atoms with E-state index >= 15 is 0 Å². The van der Waals surface area contributed by atoms with Gasteiger partial charge in [0.1, 0.15) is 5.82 Å². The zero-order chi connectivity index (χ0) is 13.1. The van der Waals surface area contributed by atoms with Gasteiger partial charge in [0.25, 0.3) is 0 Å². The van der Waals surface area contributed by atoms with Gasteiger partial charge < -0.3 is 11.1 Å². The van der Waals surface area contributed by atoms with Crippen LogP contribution in [0.15, 0.2) is 18.2 Å². The monoisotopic (exact) mass is 251 g/mol. The fourth-order valence-electron chi connectivity index (χ4n) is 2.18. The molecule has 3 N–H and O–H groups in total. The van der Waals surface area contributed by atoms with Crippen molar-refractivity contribution < 1.29 is 9.18 Å². The van der Waals surface area contributed by atoms with Crippen molar-refractivity contribution in [1.29, 1.82) is 0 Å². The summed E-state index contributed by atoms with van der Waals surface area (Å²) in [5, 5.41) is 2.79. The SMILES string of the molecule is CC1C(=O)NCCN1Cc1cccc(CN)c1F. The van der Waals surface area contributed by atoms with Crippen LogP contribution in [-0.2, 0) is 17.9 Å². The largest absolute Gasteiger partial charge is 0.353 e. The predicted molar refractivity (Wildman–Crippen MR) is 67.2 cm³/mol. The van der Waals surface area contributed by atoms with Gasteiger partial charge >= 0.3 is 0 Å². The third-order valence-corrected chi connectivity index (χ3v) is 3.38. The second-order valence-corrected chi connectivity index (χ2v) is 4.53. The smallest absolute Gasteiger partial charge is 0.237 e. The molecule has 4 nitrogen and oxygen atoms in total. The molecule has 0 bridgehead atoms. The highest BCUT2D eigenvalue weighted by molar-refractivity contribution is 5.81. The quantitative estimate of drug-likeness (QED) is 0.827. The lowest BCUT2D eigenvalue weighted by molar-refractivity contribution is -0.128. The van der Waals surface area contributed by atoms with E-state index in [-0.39, 0.29) is 24.3 Å². The van der Waals surface area contributed by atoms with Crippen molar-refractivity contribution in [3.8, 4) is 0 Å². The van der Waals surface area contributed by atoms with Crippen molar-refractivity contribution in [2.24, 2.45) is 5.73 Å². The van der Waals surface area contributed by atoms with Gasteiger partial charge in [-0.25, -0.2) is 4.39 Å². The number of benzene rings is 1. The van der Waals surface area contributed by atoms with Gasteiger partial charge in [-0.1, -0.05) is 18.2 Å². The molecule has 1 aliphatic heterocycles. The molecule has 1 aliphatic rings. The summed E-state index contributed by atoms with van der Waals surface area (Å²) in [6.07, 6.45) is 0. The molecule has 1 fully saturated rings. The Morgan fingerprint density at radius 3 is 2.94 bits per heavy atom. The molecule has 1 unspecified atom stereocenters. The van der Waals surface area contributed by atoms with Crippen LogP contribution < -0.4 is 11.1 Å². The molecule has 5 heteroatoms. The van der Waals surface area contributed by atoms with Crippen LogP contribution in [0.4, 0.5) is 4.39 Å².